The third-order valence-electron chi connectivity index (χ3n) is 3.32. The van der Waals surface area contributed by atoms with E-state index in [0.717, 1.165) is 31.7 Å². The Labute approximate surface area is 116 Å². The van der Waals surface area contributed by atoms with Gasteiger partial charge in [-0.2, -0.15) is 0 Å². The highest BCUT2D eigenvalue weighted by Crippen LogP contribution is 2.17. The molecule has 3 amide bonds. The smallest absolute Gasteiger partial charge is 0.333 e. The molecule has 0 bridgehead atoms. The van der Waals surface area contributed by atoms with E-state index in [4.69, 9.17) is 0 Å². The van der Waals surface area contributed by atoms with Crippen LogP contribution in [0.15, 0.2) is 24.3 Å². The van der Waals surface area contributed by atoms with E-state index >= 15 is 0 Å². The second-order valence-corrected chi connectivity index (χ2v) is 4.90. The Hall–Kier alpha value is -2.11. The van der Waals surface area contributed by atoms with E-state index in [1.54, 1.807) is 0 Å². The van der Waals surface area contributed by atoms with Crippen molar-refractivity contribution in [3.05, 3.63) is 35.6 Å². The van der Waals surface area contributed by atoms with Gasteiger partial charge in [0.2, 0.25) is 0 Å². The van der Waals surface area contributed by atoms with Crippen LogP contribution in [0.1, 0.15) is 42.5 Å². The van der Waals surface area contributed by atoms with E-state index in [0.29, 0.717) is 0 Å². The monoisotopic (exact) mass is 279 g/mol. The minimum atomic E-state index is -0.553. The second kappa shape index (κ2) is 6.88. The Bertz CT molecular complexity index is 487. The summed E-state index contributed by atoms with van der Waals surface area (Å²) >= 11 is 0. The molecular weight excluding hydrogens is 261 g/mol. The van der Waals surface area contributed by atoms with Crippen LogP contribution in [0.25, 0.3) is 0 Å². The molecule has 0 atom stereocenters. The maximum absolute atomic E-state index is 13.0. The molecule has 1 aromatic carbocycles. The predicted molar refractivity (Wildman–Crippen MR) is 72.4 cm³/mol. The van der Waals surface area contributed by atoms with Gasteiger partial charge in [-0.05, 0) is 31.0 Å². The average Bonchev–Trinajstić information content (AvgIpc) is 2.46. The first-order valence-corrected chi connectivity index (χ1v) is 6.77. The number of hydrazine groups is 1. The number of urea groups is 1. The highest BCUT2D eigenvalue weighted by atomic mass is 19.1. The van der Waals surface area contributed by atoms with Gasteiger partial charge in [-0.3, -0.25) is 10.2 Å². The van der Waals surface area contributed by atoms with Gasteiger partial charge in [-0.25, -0.2) is 14.6 Å². The number of carbonyl (C=O) groups is 2. The Balaban J connectivity index is 1.76. The van der Waals surface area contributed by atoms with E-state index < -0.39 is 17.8 Å². The topological polar surface area (TPSA) is 70.2 Å². The summed E-state index contributed by atoms with van der Waals surface area (Å²) in [5.41, 5.74) is 4.68. The zero-order chi connectivity index (χ0) is 14.4. The summed E-state index contributed by atoms with van der Waals surface area (Å²) in [5, 5.41) is 2.80. The van der Waals surface area contributed by atoms with Crippen molar-refractivity contribution in [1.29, 1.82) is 0 Å². The molecule has 0 radical (unpaired) electrons. The molecule has 2 rings (SSSR count). The van der Waals surface area contributed by atoms with Crippen LogP contribution in [0.5, 0.6) is 0 Å². The van der Waals surface area contributed by atoms with Gasteiger partial charge in [0.15, 0.2) is 0 Å². The van der Waals surface area contributed by atoms with E-state index in [1.165, 1.54) is 24.6 Å². The van der Waals surface area contributed by atoms with Gasteiger partial charge in [0.05, 0.1) is 0 Å². The molecular formula is C14H18FN3O2. The van der Waals surface area contributed by atoms with Gasteiger partial charge in [0.1, 0.15) is 5.82 Å². The summed E-state index contributed by atoms with van der Waals surface area (Å²) in [6.45, 7) is 0. The molecule has 5 nitrogen and oxygen atoms in total. The van der Waals surface area contributed by atoms with Crippen molar-refractivity contribution in [2.75, 3.05) is 0 Å². The van der Waals surface area contributed by atoms with E-state index in [1.807, 2.05) is 0 Å². The number of hydrogen-bond acceptors (Lipinski definition) is 2. The number of rotatable bonds is 2. The first-order valence-electron chi connectivity index (χ1n) is 6.77. The lowest BCUT2D eigenvalue weighted by atomic mass is 9.96. The van der Waals surface area contributed by atoms with Gasteiger partial charge in [-0.1, -0.05) is 25.3 Å². The Morgan fingerprint density at radius 2 is 1.85 bits per heavy atom. The molecule has 0 unspecified atom stereocenters. The molecule has 1 aromatic rings. The maximum atomic E-state index is 13.0. The van der Waals surface area contributed by atoms with Crippen molar-refractivity contribution >= 4 is 11.9 Å². The quantitative estimate of drug-likeness (QED) is 0.726. The Kier molecular flexibility index (Phi) is 4.92. The highest BCUT2D eigenvalue weighted by molar-refractivity contribution is 5.95. The summed E-state index contributed by atoms with van der Waals surface area (Å²) < 4.78 is 13.0. The van der Waals surface area contributed by atoms with Gasteiger partial charge >= 0.3 is 6.03 Å². The molecule has 1 aliphatic rings. The molecule has 0 aliphatic heterocycles. The van der Waals surface area contributed by atoms with Crippen molar-refractivity contribution < 1.29 is 14.0 Å². The molecule has 1 saturated carbocycles. The zero-order valence-corrected chi connectivity index (χ0v) is 11.1. The third kappa shape index (κ3) is 4.22. The van der Waals surface area contributed by atoms with Gasteiger partial charge in [-0.15, -0.1) is 0 Å². The molecule has 3 N–H and O–H groups in total. The fraction of sp³-hybridized carbons (Fsp3) is 0.429. The normalized spacial score (nSPS) is 15.4. The standard InChI is InChI=1S/C14H18FN3O2/c15-11-6-4-5-10(9-11)13(19)17-18-14(20)16-12-7-2-1-3-8-12/h4-6,9,12H,1-3,7-8H2,(H,17,19)(H2,16,18,20). The highest BCUT2D eigenvalue weighted by Gasteiger charge is 2.16. The van der Waals surface area contributed by atoms with E-state index in [2.05, 4.69) is 16.2 Å². The van der Waals surface area contributed by atoms with Crippen LogP contribution in [0, 0.1) is 5.82 Å². The lowest BCUT2D eigenvalue weighted by Crippen LogP contribution is -2.50. The minimum Gasteiger partial charge on any atom is -0.334 e. The largest absolute Gasteiger partial charge is 0.334 e. The fourth-order valence-electron chi connectivity index (χ4n) is 2.28. The van der Waals surface area contributed by atoms with Gasteiger partial charge in [0.25, 0.3) is 5.91 Å². The SMILES string of the molecule is O=C(NNC(=O)c1cccc(F)c1)NC1CCCCC1. The Morgan fingerprint density at radius 1 is 1.10 bits per heavy atom. The molecule has 0 saturated heterocycles. The van der Waals surface area contributed by atoms with Crippen molar-refractivity contribution in [1.82, 2.24) is 16.2 Å². The van der Waals surface area contributed by atoms with Crippen LogP contribution < -0.4 is 16.2 Å². The second-order valence-electron chi connectivity index (χ2n) is 4.90. The van der Waals surface area contributed by atoms with Gasteiger partial charge < -0.3 is 5.32 Å². The number of hydrogen-bond donors (Lipinski definition) is 3. The third-order valence-corrected chi connectivity index (χ3v) is 3.32. The first kappa shape index (κ1) is 14.3. The lowest BCUT2D eigenvalue weighted by molar-refractivity contribution is 0.0935. The van der Waals surface area contributed by atoms with E-state index in [9.17, 15) is 14.0 Å². The predicted octanol–water partition coefficient (Wildman–Crippen LogP) is 2.10. The summed E-state index contributed by atoms with van der Waals surface area (Å²) in [4.78, 5) is 23.3. The van der Waals surface area contributed by atoms with Crippen LogP contribution in [0.4, 0.5) is 9.18 Å². The molecule has 0 aromatic heterocycles. The fourth-order valence-corrected chi connectivity index (χ4v) is 2.28. The number of amides is 3. The van der Waals surface area contributed by atoms with Crippen LogP contribution in [-0.2, 0) is 0 Å². The molecule has 1 fully saturated rings. The van der Waals surface area contributed by atoms with Crippen molar-refractivity contribution in [2.24, 2.45) is 0 Å². The zero-order valence-electron chi connectivity index (χ0n) is 11.1. The van der Waals surface area contributed by atoms with Crippen molar-refractivity contribution in [3.63, 3.8) is 0 Å². The average molecular weight is 279 g/mol. The minimum absolute atomic E-state index is 0.156. The molecule has 0 spiro atoms. The molecule has 108 valence electrons. The number of carbonyl (C=O) groups excluding carboxylic acids is 2. The summed E-state index contributed by atoms with van der Waals surface area (Å²) in [6, 6.07) is 4.98. The molecule has 6 heteroatoms. The maximum Gasteiger partial charge on any atom is 0.333 e. The van der Waals surface area contributed by atoms with Gasteiger partial charge in [0, 0.05) is 11.6 Å². The molecule has 20 heavy (non-hydrogen) atoms. The van der Waals surface area contributed by atoms with E-state index in [-0.39, 0.29) is 11.6 Å². The molecule has 0 heterocycles. The first-order chi connectivity index (χ1) is 9.65. The summed E-state index contributed by atoms with van der Waals surface area (Å²) in [6.07, 6.45) is 5.35. The lowest BCUT2D eigenvalue weighted by Gasteiger charge is -2.22. The summed E-state index contributed by atoms with van der Waals surface area (Å²) in [7, 11) is 0. The summed E-state index contributed by atoms with van der Waals surface area (Å²) in [5.74, 6) is -1.05. The van der Waals surface area contributed by atoms with Crippen LogP contribution in [0.2, 0.25) is 0 Å². The Morgan fingerprint density at radius 3 is 2.55 bits per heavy atom. The number of nitrogens with one attached hydrogen (secondary N) is 3. The van der Waals surface area contributed by atoms with Crippen LogP contribution in [0.3, 0.4) is 0 Å². The van der Waals surface area contributed by atoms with Crippen LogP contribution >= 0.6 is 0 Å². The molecule has 1 aliphatic carbocycles. The van der Waals surface area contributed by atoms with Crippen molar-refractivity contribution in [2.45, 2.75) is 38.1 Å². The van der Waals surface area contributed by atoms with Crippen LogP contribution in [-0.4, -0.2) is 18.0 Å². The number of halogens is 1. The number of benzene rings is 1. The van der Waals surface area contributed by atoms with Crippen molar-refractivity contribution in [3.8, 4) is 0 Å².